The minimum Gasteiger partial charge on any atom is -0.310 e. The summed E-state index contributed by atoms with van der Waals surface area (Å²) in [6, 6.07) is 5.61. The summed E-state index contributed by atoms with van der Waals surface area (Å²) in [6.45, 7) is 2.07. The SMILES string of the molecule is CN[C@]1(c2ccc(C(F)(F)F)cc2)C[C@@H](c2cn(C)nn2)N[C@@H](C)C1. The Labute approximate surface area is 144 Å². The molecule has 0 saturated carbocycles. The largest absolute Gasteiger partial charge is 0.416 e. The van der Waals surface area contributed by atoms with Crippen LogP contribution in [0.3, 0.4) is 0 Å². The number of benzene rings is 1. The number of nitrogens with zero attached hydrogens (tertiary/aromatic N) is 3. The van der Waals surface area contributed by atoms with Gasteiger partial charge in [0.1, 0.15) is 0 Å². The van der Waals surface area contributed by atoms with Gasteiger partial charge in [0.25, 0.3) is 0 Å². The van der Waals surface area contributed by atoms with Crippen LogP contribution in [0, 0.1) is 0 Å². The van der Waals surface area contributed by atoms with E-state index < -0.39 is 17.3 Å². The summed E-state index contributed by atoms with van der Waals surface area (Å²) in [7, 11) is 3.66. The molecule has 0 aliphatic carbocycles. The Morgan fingerprint density at radius 1 is 1.24 bits per heavy atom. The average molecular weight is 353 g/mol. The van der Waals surface area contributed by atoms with Gasteiger partial charge in [-0.05, 0) is 44.5 Å². The molecule has 1 fully saturated rings. The quantitative estimate of drug-likeness (QED) is 0.891. The molecular formula is C17H22F3N5. The number of hydrogen-bond donors (Lipinski definition) is 2. The summed E-state index contributed by atoms with van der Waals surface area (Å²) < 4.78 is 40.2. The van der Waals surface area contributed by atoms with Crippen molar-refractivity contribution in [2.24, 2.45) is 7.05 Å². The van der Waals surface area contributed by atoms with E-state index in [2.05, 4.69) is 27.9 Å². The summed E-state index contributed by atoms with van der Waals surface area (Å²) in [5, 5.41) is 15.0. The Hall–Kier alpha value is -1.93. The van der Waals surface area contributed by atoms with E-state index in [1.54, 1.807) is 16.8 Å². The Morgan fingerprint density at radius 3 is 2.44 bits per heavy atom. The zero-order valence-corrected chi connectivity index (χ0v) is 14.4. The van der Waals surface area contributed by atoms with Crippen LogP contribution in [0.15, 0.2) is 30.5 Å². The maximum atomic E-state index is 12.8. The zero-order valence-electron chi connectivity index (χ0n) is 14.4. The smallest absolute Gasteiger partial charge is 0.310 e. The van der Waals surface area contributed by atoms with Gasteiger partial charge < -0.3 is 10.6 Å². The van der Waals surface area contributed by atoms with Crippen molar-refractivity contribution in [3.05, 3.63) is 47.3 Å². The van der Waals surface area contributed by atoms with Gasteiger partial charge in [-0.25, -0.2) is 0 Å². The molecule has 8 heteroatoms. The number of piperidine rings is 1. The molecule has 0 bridgehead atoms. The van der Waals surface area contributed by atoms with Gasteiger partial charge in [0.05, 0.1) is 17.3 Å². The number of aryl methyl sites for hydroxylation is 1. The van der Waals surface area contributed by atoms with Crippen LogP contribution in [0.2, 0.25) is 0 Å². The lowest BCUT2D eigenvalue weighted by molar-refractivity contribution is -0.137. The lowest BCUT2D eigenvalue weighted by atomic mass is 9.75. The number of halogens is 3. The molecule has 2 N–H and O–H groups in total. The normalized spacial score (nSPS) is 27.4. The lowest BCUT2D eigenvalue weighted by Crippen LogP contribution is -2.53. The lowest BCUT2D eigenvalue weighted by Gasteiger charge is -2.44. The second kappa shape index (κ2) is 6.42. The van der Waals surface area contributed by atoms with Crippen LogP contribution < -0.4 is 10.6 Å². The average Bonchev–Trinajstić information content (AvgIpc) is 3.00. The maximum Gasteiger partial charge on any atom is 0.416 e. The summed E-state index contributed by atoms with van der Waals surface area (Å²) in [6.07, 6.45) is -1.01. The molecule has 3 rings (SSSR count). The zero-order chi connectivity index (χ0) is 18.2. The molecule has 1 aliphatic heterocycles. The van der Waals surface area contributed by atoms with Gasteiger partial charge in [-0.1, -0.05) is 17.3 Å². The number of alkyl halides is 3. The molecule has 25 heavy (non-hydrogen) atoms. The van der Waals surface area contributed by atoms with Crippen molar-refractivity contribution in [2.45, 2.75) is 43.6 Å². The molecule has 1 saturated heterocycles. The molecular weight excluding hydrogens is 331 g/mol. The van der Waals surface area contributed by atoms with Crippen molar-refractivity contribution in [1.82, 2.24) is 25.6 Å². The van der Waals surface area contributed by atoms with E-state index in [9.17, 15) is 13.2 Å². The van der Waals surface area contributed by atoms with Crippen molar-refractivity contribution in [2.75, 3.05) is 7.05 Å². The van der Waals surface area contributed by atoms with Gasteiger partial charge in [-0.3, -0.25) is 4.68 Å². The number of rotatable bonds is 3. The Morgan fingerprint density at radius 2 is 1.92 bits per heavy atom. The molecule has 5 nitrogen and oxygen atoms in total. The highest BCUT2D eigenvalue weighted by molar-refractivity contribution is 5.32. The second-order valence-electron chi connectivity index (χ2n) is 6.75. The Kier molecular flexibility index (Phi) is 4.59. The molecule has 0 unspecified atom stereocenters. The van der Waals surface area contributed by atoms with E-state index >= 15 is 0 Å². The Balaban J connectivity index is 1.92. The van der Waals surface area contributed by atoms with Crippen LogP contribution in [0.1, 0.15) is 42.6 Å². The summed E-state index contributed by atoms with van der Waals surface area (Å²) in [4.78, 5) is 0. The second-order valence-corrected chi connectivity index (χ2v) is 6.75. The molecule has 136 valence electrons. The van der Waals surface area contributed by atoms with Crippen LogP contribution >= 0.6 is 0 Å². The van der Waals surface area contributed by atoms with Crippen molar-refractivity contribution < 1.29 is 13.2 Å². The first-order valence-corrected chi connectivity index (χ1v) is 8.22. The van der Waals surface area contributed by atoms with E-state index in [4.69, 9.17) is 0 Å². The van der Waals surface area contributed by atoms with Crippen LogP contribution in [0.5, 0.6) is 0 Å². The van der Waals surface area contributed by atoms with Gasteiger partial charge in [0.2, 0.25) is 0 Å². The van der Waals surface area contributed by atoms with Crippen LogP contribution in [0.4, 0.5) is 13.2 Å². The first-order valence-electron chi connectivity index (χ1n) is 8.22. The molecule has 1 aromatic heterocycles. The third-order valence-corrected chi connectivity index (χ3v) is 4.91. The molecule has 3 atom stereocenters. The van der Waals surface area contributed by atoms with Gasteiger partial charge in [0.15, 0.2) is 0 Å². The van der Waals surface area contributed by atoms with E-state index in [-0.39, 0.29) is 12.1 Å². The first-order chi connectivity index (χ1) is 11.7. The monoisotopic (exact) mass is 353 g/mol. The summed E-state index contributed by atoms with van der Waals surface area (Å²) in [5.41, 5.74) is 0.637. The molecule has 2 aromatic rings. The minimum absolute atomic E-state index is 0.0211. The standard InChI is InChI=1S/C17H22F3N5/c1-11-8-16(21-2,9-14(22-11)15-10-25(3)24-23-15)12-4-6-13(7-5-12)17(18,19)20/h4-7,10-11,14,21-22H,8-9H2,1-3H3/t11-,14-,16-/m0/s1. The molecule has 0 radical (unpaired) electrons. The third kappa shape index (κ3) is 3.55. The fourth-order valence-electron chi connectivity index (χ4n) is 3.69. The van der Waals surface area contributed by atoms with E-state index in [0.29, 0.717) is 6.42 Å². The fourth-order valence-corrected chi connectivity index (χ4v) is 3.69. The van der Waals surface area contributed by atoms with Crippen molar-refractivity contribution >= 4 is 0 Å². The van der Waals surface area contributed by atoms with Gasteiger partial charge in [-0.15, -0.1) is 5.10 Å². The predicted octanol–water partition coefficient (Wildman–Crippen LogP) is 2.76. The van der Waals surface area contributed by atoms with Crippen molar-refractivity contribution in [1.29, 1.82) is 0 Å². The highest BCUT2D eigenvalue weighted by Crippen LogP contribution is 2.40. The number of hydrogen-bond acceptors (Lipinski definition) is 4. The minimum atomic E-state index is -4.32. The number of aromatic nitrogens is 3. The van der Waals surface area contributed by atoms with E-state index in [1.165, 1.54) is 0 Å². The molecule has 0 spiro atoms. The first kappa shape index (κ1) is 17.9. The van der Waals surface area contributed by atoms with Crippen LogP contribution in [-0.4, -0.2) is 28.1 Å². The highest BCUT2D eigenvalue weighted by atomic mass is 19.4. The molecule has 1 aliphatic rings. The van der Waals surface area contributed by atoms with Gasteiger partial charge in [-0.2, -0.15) is 13.2 Å². The molecule has 1 aromatic carbocycles. The molecule has 2 heterocycles. The van der Waals surface area contributed by atoms with E-state index in [1.807, 2.05) is 20.3 Å². The maximum absolute atomic E-state index is 12.8. The van der Waals surface area contributed by atoms with Gasteiger partial charge in [0, 0.05) is 24.8 Å². The van der Waals surface area contributed by atoms with E-state index in [0.717, 1.165) is 29.8 Å². The van der Waals surface area contributed by atoms with Crippen molar-refractivity contribution in [3.63, 3.8) is 0 Å². The summed E-state index contributed by atoms with van der Waals surface area (Å²) >= 11 is 0. The predicted molar refractivity (Wildman–Crippen MR) is 87.8 cm³/mol. The van der Waals surface area contributed by atoms with Crippen LogP contribution in [-0.2, 0) is 18.8 Å². The highest BCUT2D eigenvalue weighted by Gasteiger charge is 2.41. The van der Waals surface area contributed by atoms with Crippen molar-refractivity contribution in [3.8, 4) is 0 Å². The summed E-state index contributed by atoms with van der Waals surface area (Å²) in [5.74, 6) is 0. The topological polar surface area (TPSA) is 54.8 Å². The van der Waals surface area contributed by atoms with Crippen LogP contribution in [0.25, 0.3) is 0 Å². The Bertz CT molecular complexity index is 725. The number of nitrogens with one attached hydrogen (secondary N) is 2. The molecule has 0 amide bonds. The third-order valence-electron chi connectivity index (χ3n) is 4.91. The van der Waals surface area contributed by atoms with Gasteiger partial charge >= 0.3 is 6.18 Å². The fraction of sp³-hybridized carbons (Fsp3) is 0.529.